The first-order valence-electron chi connectivity index (χ1n) is 14.6. The molecule has 46 heavy (non-hydrogen) atoms. The molecule has 8 nitrogen and oxygen atoms in total. The number of esters is 1. The number of methoxy groups -OCH3 is 1. The highest BCUT2D eigenvalue weighted by molar-refractivity contribution is 7.07. The fourth-order valence-electron chi connectivity index (χ4n) is 5.20. The van der Waals surface area contributed by atoms with Gasteiger partial charge in [-0.3, -0.25) is 9.36 Å². The van der Waals surface area contributed by atoms with Crippen molar-refractivity contribution in [2.75, 3.05) is 13.7 Å². The molecule has 0 saturated carbocycles. The Kier molecular flexibility index (Phi) is 8.90. The van der Waals surface area contributed by atoms with Crippen molar-refractivity contribution < 1.29 is 19.0 Å². The number of aromatic nitrogens is 1. The molecule has 9 heteroatoms. The number of carbonyl (C=O) groups excluding carboxylic acids is 1. The van der Waals surface area contributed by atoms with E-state index in [4.69, 9.17) is 24.5 Å². The van der Waals surface area contributed by atoms with Gasteiger partial charge in [0.25, 0.3) is 5.56 Å². The Morgan fingerprint density at radius 1 is 0.957 bits per heavy atom. The molecule has 4 aromatic carbocycles. The van der Waals surface area contributed by atoms with E-state index in [2.05, 4.69) is 6.07 Å². The predicted molar refractivity (Wildman–Crippen MR) is 176 cm³/mol. The van der Waals surface area contributed by atoms with Gasteiger partial charge in [0.05, 0.1) is 47.2 Å². The smallest absolute Gasteiger partial charge is 0.338 e. The van der Waals surface area contributed by atoms with Crippen molar-refractivity contribution in [2.45, 2.75) is 19.6 Å². The lowest BCUT2D eigenvalue weighted by molar-refractivity contribution is -0.138. The average Bonchev–Trinajstić information content (AvgIpc) is 3.41. The van der Waals surface area contributed by atoms with Gasteiger partial charge in [-0.2, -0.15) is 5.26 Å². The lowest BCUT2D eigenvalue weighted by Crippen LogP contribution is -2.40. The van der Waals surface area contributed by atoms with Gasteiger partial charge in [0.2, 0.25) is 0 Å². The number of carbonyl (C=O) groups is 1. The lowest BCUT2D eigenvalue weighted by atomic mass is 9.93. The SMILES string of the molecule is CCOC(=O)C1=C(c2ccccc2)N=c2s/c(=C\c3ccc(OCc4ccc(C#N)cc4)cc3)c(=O)n2[C@@H]1c1ccc(OC)cc1. The van der Waals surface area contributed by atoms with Crippen molar-refractivity contribution in [3.8, 4) is 17.6 Å². The summed E-state index contributed by atoms with van der Waals surface area (Å²) >= 11 is 1.27. The van der Waals surface area contributed by atoms with Crippen molar-refractivity contribution in [3.63, 3.8) is 0 Å². The molecule has 1 aliphatic heterocycles. The molecule has 1 aliphatic rings. The summed E-state index contributed by atoms with van der Waals surface area (Å²) in [6.07, 6.45) is 1.82. The number of rotatable bonds is 9. The molecule has 228 valence electrons. The minimum Gasteiger partial charge on any atom is -0.497 e. The monoisotopic (exact) mass is 627 g/mol. The van der Waals surface area contributed by atoms with Gasteiger partial charge in [-0.25, -0.2) is 9.79 Å². The van der Waals surface area contributed by atoms with E-state index in [0.29, 0.717) is 44.3 Å². The van der Waals surface area contributed by atoms with Crippen LogP contribution in [0.3, 0.4) is 0 Å². The molecule has 2 heterocycles. The quantitative estimate of drug-likeness (QED) is 0.203. The van der Waals surface area contributed by atoms with Crippen LogP contribution in [0.5, 0.6) is 11.5 Å². The topological polar surface area (TPSA) is 103 Å². The number of fused-ring (bicyclic) bond motifs is 1. The standard InChI is InChI=1S/C37H29N3O5S/c1-3-44-36(42)32-33(27-7-5-4-6-8-27)39-37-40(34(32)28-15-19-29(43-2)20-16-28)35(41)31(46-37)21-24-13-17-30(18-14-24)45-23-26-11-9-25(22-38)10-12-26/h4-21,34H,3,23H2,1-2H3/b31-21-/t34-/m1/s1. The molecule has 0 N–H and O–H groups in total. The average molecular weight is 628 g/mol. The zero-order valence-corrected chi connectivity index (χ0v) is 26.0. The van der Waals surface area contributed by atoms with Crippen molar-refractivity contribution in [1.29, 1.82) is 5.26 Å². The normalized spacial score (nSPS) is 14.2. The second-order valence-corrected chi connectivity index (χ2v) is 11.4. The van der Waals surface area contributed by atoms with Gasteiger partial charge in [-0.05, 0) is 66.1 Å². The number of thiazole rings is 1. The highest BCUT2D eigenvalue weighted by Gasteiger charge is 2.35. The summed E-state index contributed by atoms with van der Waals surface area (Å²) in [7, 11) is 1.59. The van der Waals surface area contributed by atoms with E-state index < -0.39 is 12.0 Å². The van der Waals surface area contributed by atoms with E-state index in [1.54, 1.807) is 42.9 Å². The second-order valence-electron chi connectivity index (χ2n) is 10.4. The fraction of sp³-hybridized carbons (Fsp3) is 0.135. The van der Waals surface area contributed by atoms with Crippen molar-refractivity contribution >= 4 is 29.1 Å². The van der Waals surface area contributed by atoms with Crippen LogP contribution in [0.4, 0.5) is 0 Å². The van der Waals surface area contributed by atoms with Crippen LogP contribution in [0.15, 0.2) is 118 Å². The zero-order valence-electron chi connectivity index (χ0n) is 25.2. The lowest BCUT2D eigenvalue weighted by Gasteiger charge is -2.26. The molecule has 1 atom stereocenters. The molecule has 0 fully saturated rings. The number of nitriles is 1. The van der Waals surface area contributed by atoms with E-state index in [9.17, 15) is 9.59 Å². The van der Waals surface area contributed by atoms with Gasteiger partial charge in [0.1, 0.15) is 18.1 Å². The van der Waals surface area contributed by atoms with Gasteiger partial charge in [0.15, 0.2) is 4.80 Å². The molecule has 5 aromatic rings. The molecule has 0 unspecified atom stereocenters. The second kappa shape index (κ2) is 13.5. The van der Waals surface area contributed by atoms with Crippen LogP contribution in [-0.4, -0.2) is 24.3 Å². The van der Waals surface area contributed by atoms with Crippen molar-refractivity contribution in [1.82, 2.24) is 4.57 Å². The minimum atomic E-state index is -0.767. The van der Waals surface area contributed by atoms with Crippen LogP contribution in [-0.2, 0) is 16.1 Å². The number of hydrogen-bond acceptors (Lipinski definition) is 8. The largest absolute Gasteiger partial charge is 0.497 e. The van der Waals surface area contributed by atoms with Gasteiger partial charge < -0.3 is 14.2 Å². The summed E-state index contributed by atoms with van der Waals surface area (Å²) in [5.74, 6) is 0.802. The summed E-state index contributed by atoms with van der Waals surface area (Å²) in [4.78, 5) is 33.1. The van der Waals surface area contributed by atoms with Crippen LogP contribution in [0, 0.1) is 11.3 Å². The van der Waals surface area contributed by atoms with Gasteiger partial charge in [-0.1, -0.05) is 78.1 Å². The Labute approximate surface area is 269 Å². The molecule has 0 radical (unpaired) electrons. The number of benzene rings is 4. The van der Waals surface area contributed by atoms with E-state index >= 15 is 0 Å². The first-order valence-corrected chi connectivity index (χ1v) is 15.4. The maximum Gasteiger partial charge on any atom is 0.338 e. The zero-order chi connectivity index (χ0) is 32.0. The molecule has 0 aliphatic carbocycles. The Morgan fingerprint density at radius 3 is 2.30 bits per heavy atom. The van der Waals surface area contributed by atoms with Crippen LogP contribution in [0.25, 0.3) is 11.8 Å². The van der Waals surface area contributed by atoms with Gasteiger partial charge >= 0.3 is 5.97 Å². The summed E-state index contributed by atoms with van der Waals surface area (Å²) in [5.41, 5.74) is 4.33. The van der Waals surface area contributed by atoms with Crippen LogP contribution >= 0.6 is 11.3 Å². The Bertz CT molecular complexity index is 2130. The third-order valence-electron chi connectivity index (χ3n) is 7.47. The summed E-state index contributed by atoms with van der Waals surface area (Å²) in [6.45, 7) is 2.29. The van der Waals surface area contributed by atoms with Crippen LogP contribution in [0.1, 0.15) is 40.8 Å². The Hall–Kier alpha value is -5.72. The summed E-state index contributed by atoms with van der Waals surface area (Å²) < 4.78 is 18.9. The third kappa shape index (κ3) is 6.25. The first-order chi connectivity index (χ1) is 22.5. The van der Waals surface area contributed by atoms with E-state index in [1.165, 1.54) is 11.3 Å². The number of ether oxygens (including phenoxy) is 3. The summed E-state index contributed by atoms with van der Waals surface area (Å²) in [5, 5.41) is 8.99. The minimum absolute atomic E-state index is 0.178. The van der Waals surface area contributed by atoms with Crippen LogP contribution in [0.2, 0.25) is 0 Å². The Morgan fingerprint density at radius 2 is 1.65 bits per heavy atom. The van der Waals surface area contributed by atoms with Crippen LogP contribution < -0.4 is 24.4 Å². The Balaban J connectivity index is 1.41. The van der Waals surface area contributed by atoms with Gasteiger partial charge in [0, 0.05) is 5.56 Å². The molecular weight excluding hydrogens is 598 g/mol. The van der Waals surface area contributed by atoms with E-state index in [-0.39, 0.29) is 12.2 Å². The first kappa shape index (κ1) is 30.3. The molecule has 0 amide bonds. The molecule has 0 bridgehead atoms. The number of nitrogens with zero attached hydrogens (tertiary/aromatic N) is 3. The van der Waals surface area contributed by atoms with E-state index in [1.807, 2.05) is 84.9 Å². The molecule has 0 spiro atoms. The predicted octanol–water partition coefficient (Wildman–Crippen LogP) is 5.39. The van der Waals surface area contributed by atoms with Gasteiger partial charge in [-0.15, -0.1) is 0 Å². The van der Waals surface area contributed by atoms with E-state index in [0.717, 1.165) is 22.3 Å². The maximum atomic E-state index is 14.1. The third-order valence-corrected chi connectivity index (χ3v) is 8.45. The molecule has 0 saturated heterocycles. The fourth-order valence-corrected chi connectivity index (χ4v) is 6.20. The van der Waals surface area contributed by atoms with Crippen molar-refractivity contribution in [2.24, 2.45) is 4.99 Å². The molecular formula is C37H29N3O5S. The maximum absolute atomic E-state index is 14.1. The highest BCUT2D eigenvalue weighted by Crippen LogP contribution is 2.35. The number of hydrogen-bond donors (Lipinski definition) is 0. The molecule has 6 rings (SSSR count). The highest BCUT2D eigenvalue weighted by atomic mass is 32.1. The van der Waals surface area contributed by atoms with Crippen molar-refractivity contribution in [3.05, 3.63) is 156 Å². The summed E-state index contributed by atoms with van der Waals surface area (Å²) in [6, 6.07) is 32.8. The molecule has 1 aromatic heterocycles.